The largest absolute Gasteiger partial charge is 0.390 e. The Bertz CT molecular complexity index is 55.2. The SMILES string of the molecule is CC(O)C(C)(N)N. The fourth-order valence-electron chi connectivity index (χ4n) is 0. The van der Waals surface area contributed by atoms with E-state index >= 15 is 0 Å². The first-order valence-corrected chi connectivity index (χ1v) is 2.20. The van der Waals surface area contributed by atoms with Gasteiger partial charge in [-0.1, -0.05) is 0 Å². The molecule has 0 saturated heterocycles. The maximum absolute atomic E-state index is 8.64. The summed E-state index contributed by atoms with van der Waals surface area (Å²) in [6, 6.07) is 0. The van der Waals surface area contributed by atoms with Crippen molar-refractivity contribution in [3.63, 3.8) is 0 Å². The van der Waals surface area contributed by atoms with Crippen LogP contribution in [0, 0.1) is 0 Å². The van der Waals surface area contributed by atoms with Gasteiger partial charge in [0.05, 0.1) is 11.8 Å². The van der Waals surface area contributed by atoms with Crippen LogP contribution in [0.5, 0.6) is 0 Å². The zero-order valence-electron chi connectivity index (χ0n) is 4.68. The van der Waals surface area contributed by atoms with Crippen LogP contribution in [0.3, 0.4) is 0 Å². The fourth-order valence-corrected chi connectivity index (χ4v) is 0. The molecule has 1 unspecified atom stereocenters. The van der Waals surface area contributed by atoms with Crippen LogP contribution >= 0.6 is 0 Å². The Hall–Kier alpha value is -0.120. The quantitative estimate of drug-likeness (QED) is 0.374. The number of hydrogen-bond acceptors (Lipinski definition) is 3. The average molecular weight is 104 g/mol. The lowest BCUT2D eigenvalue weighted by Gasteiger charge is -2.21. The van der Waals surface area contributed by atoms with Gasteiger partial charge in [-0.25, -0.2) is 0 Å². The van der Waals surface area contributed by atoms with Crippen molar-refractivity contribution in [2.24, 2.45) is 11.5 Å². The molecule has 44 valence electrons. The minimum absolute atomic E-state index is 0.646. The van der Waals surface area contributed by atoms with Crippen molar-refractivity contribution >= 4 is 0 Å². The summed E-state index contributed by atoms with van der Waals surface area (Å²) in [5.41, 5.74) is 9.47. The first-order chi connectivity index (χ1) is 2.94. The summed E-state index contributed by atoms with van der Waals surface area (Å²) in [4.78, 5) is 0. The number of rotatable bonds is 1. The summed E-state index contributed by atoms with van der Waals surface area (Å²) in [7, 11) is 0. The Morgan fingerprint density at radius 2 is 1.71 bits per heavy atom. The zero-order valence-corrected chi connectivity index (χ0v) is 4.68. The highest BCUT2D eigenvalue weighted by atomic mass is 16.3. The van der Waals surface area contributed by atoms with Gasteiger partial charge in [0.2, 0.25) is 0 Å². The minimum atomic E-state index is -0.944. The van der Waals surface area contributed by atoms with Crippen LogP contribution in [-0.4, -0.2) is 16.9 Å². The van der Waals surface area contributed by atoms with Gasteiger partial charge in [0, 0.05) is 0 Å². The van der Waals surface area contributed by atoms with E-state index in [1.165, 1.54) is 0 Å². The molecule has 7 heavy (non-hydrogen) atoms. The molecule has 0 aromatic heterocycles. The highest BCUT2D eigenvalue weighted by molar-refractivity contribution is 4.75. The molecule has 0 aromatic carbocycles. The molecule has 0 aliphatic rings. The first kappa shape index (κ1) is 6.88. The number of aliphatic hydroxyl groups is 1. The van der Waals surface area contributed by atoms with E-state index in [1.807, 2.05) is 0 Å². The molecule has 3 heteroatoms. The topological polar surface area (TPSA) is 72.3 Å². The highest BCUT2D eigenvalue weighted by Gasteiger charge is 2.16. The van der Waals surface area contributed by atoms with Gasteiger partial charge < -0.3 is 16.6 Å². The van der Waals surface area contributed by atoms with E-state index in [1.54, 1.807) is 13.8 Å². The molecule has 5 N–H and O–H groups in total. The van der Waals surface area contributed by atoms with Crippen molar-refractivity contribution in [1.82, 2.24) is 0 Å². The summed E-state index contributed by atoms with van der Waals surface area (Å²) in [5, 5.41) is 8.64. The second-order valence-electron chi connectivity index (χ2n) is 2.04. The summed E-state index contributed by atoms with van der Waals surface area (Å²) < 4.78 is 0. The van der Waals surface area contributed by atoms with Crippen LogP contribution in [0.4, 0.5) is 0 Å². The van der Waals surface area contributed by atoms with Gasteiger partial charge in [0.15, 0.2) is 0 Å². The second-order valence-corrected chi connectivity index (χ2v) is 2.04. The molecule has 0 aliphatic carbocycles. The van der Waals surface area contributed by atoms with E-state index in [4.69, 9.17) is 16.6 Å². The lowest BCUT2D eigenvalue weighted by molar-refractivity contribution is 0.115. The molecule has 0 rings (SSSR count). The fraction of sp³-hybridized carbons (Fsp3) is 1.00. The number of aliphatic hydroxyl groups excluding tert-OH is 1. The zero-order chi connectivity index (χ0) is 6.08. The normalized spacial score (nSPS) is 16.7. The molecule has 0 aromatic rings. The molecule has 0 heterocycles. The van der Waals surface area contributed by atoms with E-state index in [2.05, 4.69) is 0 Å². The second kappa shape index (κ2) is 1.78. The lowest BCUT2D eigenvalue weighted by atomic mass is 10.1. The molecular formula is C4H12N2O. The van der Waals surface area contributed by atoms with Crippen molar-refractivity contribution in [1.29, 1.82) is 0 Å². The van der Waals surface area contributed by atoms with Crippen molar-refractivity contribution in [2.75, 3.05) is 0 Å². The Labute approximate surface area is 43.3 Å². The van der Waals surface area contributed by atoms with Gasteiger partial charge in [0.1, 0.15) is 0 Å². The van der Waals surface area contributed by atoms with Gasteiger partial charge >= 0.3 is 0 Å². The Morgan fingerprint density at radius 3 is 1.71 bits per heavy atom. The monoisotopic (exact) mass is 104 g/mol. The molecule has 0 amide bonds. The Kier molecular flexibility index (Phi) is 1.75. The lowest BCUT2D eigenvalue weighted by Crippen LogP contribution is -2.54. The molecule has 1 atom stereocenters. The van der Waals surface area contributed by atoms with E-state index in [0.29, 0.717) is 0 Å². The molecule has 0 aliphatic heterocycles. The Morgan fingerprint density at radius 1 is 1.57 bits per heavy atom. The van der Waals surface area contributed by atoms with Crippen molar-refractivity contribution < 1.29 is 5.11 Å². The average Bonchev–Trinajstić information content (AvgIpc) is 1.31. The third-order valence-electron chi connectivity index (χ3n) is 0.900. The molecule has 0 spiro atoms. The maximum Gasteiger partial charge on any atom is 0.0871 e. The van der Waals surface area contributed by atoms with Crippen LogP contribution in [0.25, 0.3) is 0 Å². The molecule has 0 fully saturated rings. The summed E-state index contributed by atoms with van der Waals surface area (Å²) in [6.45, 7) is 3.12. The van der Waals surface area contributed by atoms with E-state index in [-0.39, 0.29) is 0 Å². The first-order valence-electron chi connectivity index (χ1n) is 2.20. The smallest absolute Gasteiger partial charge is 0.0871 e. The molecular weight excluding hydrogens is 92.1 g/mol. The summed E-state index contributed by atoms with van der Waals surface area (Å²) >= 11 is 0. The third kappa shape index (κ3) is 2.56. The number of hydrogen-bond donors (Lipinski definition) is 3. The standard InChI is InChI=1S/C4H12N2O/c1-3(7)4(2,5)6/h3,7H,5-6H2,1-2H3. The van der Waals surface area contributed by atoms with Gasteiger partial charge in [-0.15, -0.1) is 0 Å². The van der Waals surface area contributed by atoms with Crippen LogP contribution in [0.1, 0.15) is 13.8 Å². The third-order valence-corrected chi connectivity index (χ3v) is 0.900. The molecule has 0 radical (unpaired) electrons. The summed E-state index contributed by atoms with van der Waals surface area (Å²) in [5.74, 6) is 0. The van der Waals surface area contributed by atoms with Crippen LogP contribution in [0.15, 0.2) is 0 Å². The van der Waals surface area contributed by atoms with Gasteiger partial charge in [-0.05, 0) is 13.8 Å². The van der Waals surface area contributed by atoms with Crippen LogP contribution in [0.2, 0.25) is 0 Å². The predicted molar refractivity (Wildman–Crippen MR) is 28.5 cm³/mol. The number of nitrogens with two attached hydrogens (primary N) is 2. The van der Waals surface area contributed by atoms with Crippen molar-refractivity contribution in [2.45, 2.75) is 25.6 Å². The summed E-state index contributed by atoms with van der Waals surface area (Å²) in [6.07, 6.45) is -0.646. The van der Waals surface area contributed by atoms with E-state index < -0.39 is 11.8 Å². The molecule has 3 nitrogen and oxygen atoms in total. The molecule has 0 bridgehead atoms. The Balaban J connectivity index is 3.54. The van der Waals surface area contributed by atoms with Crippen molar-refractivity contribution in [3.05, 3.63) is 0 Å². The minimum Gasteiger partial charge on any atom is -0.390 e. The van der Waals surface area contributed by atoms with E-state index in [0.717, 1.165) is 0 Å². The predicted octanol–water partition coefficient (Wildman–Crippen LogP) is -0.999. The highest BCUT2D eigenvalue weighted by Crippen LogP contribution is 1.93. The van der Waals surface area contributed by atoms with Crippen molar-refractivity contribution in [3.8, 4) is 0 Å². The van der Waals surface area contributed by atoms with Gasteiger partial charge in [-0.2, -0.15) is 0 Å². The van der Waals surface area contributed by atoms with Gasteiger partial charge in [-0.3, -0.25) is 0 Å². The van der Waals surface area contributed by atoms with Crippen LogP contribution < -0.4 is 11.5 Å². The van der Waals surface area contributed by atoms with Gasteiger partial charge in [0.25, 0.3) is 0 Å². The van der Waals surface area contributed by atoms with Crippen LogP contribution in [-0.2, 0) is 0 Å². The molecule has 0 saturated carbocycles. The maximum atomic E-state index is 8.64. The van der Waals surface area contributed by atoms with E-state index in [9.17, 15) is 0 Å².